The van der Waals surface area contributed by atoms with Crippen molar-refractivity contribution in [1.29, 1.82) is 0 Å². The molecule has 3 nitrogen and oxygen atoms in total. The molecule has 108 valence electrons. The van der Waals surface area contributed by atoms with Gasteiger partial charge in [-0.1, -0.05) is 36.2 Å². The Balaban J connectivity index is 1.50. The van der Waals surface area contributed by atoms with E-state index in [9.17, 15) is 4.79 Å². The van der Waals surface area contributed by atoms with E-state index in [1.54, 1.807) is 12.1 Å². The molecule has 1 aliphatic heterocycles. The largest absolute Gasteiger partial charge is 0.352 e. The molecule has 5 heteroatoms. The second kappa shape index (κ2) is 5.55. The van der Waals surface area contributed by atoms with Crippen molar-refractivity contribution in [2.24, 2.45) is 17.8 Å². The fourth-order valence-electron chi connectivity index (χ4n) is 3.22. The molecule has 3 rings (SSSR count). The number of benzene rings is 1. The van der Waals surface area contributed by atoms with Crippen LogP contribution in [0.25, 0.3) is 0 Å². The fraction of sp³-hybridized carbons (Fsp3) is 0.533. The molecule has 2 unspecified atom stereocenters. The lowest BCUT2D eigenvalue weighted by Crippen LogP contribution is -2.31. The molecular formula is C15H18Cl2N2O. The number of halogens is 2. The third-order valence-electron chi connectivity index (χ3n) is 4.47. The lowest BCUT2D eigenvalue weighted by atomic mass is 10.2. The van der Waals surface area contributed by atoms with Gasteiger partial charge in [0.2, 0.25) is 5.91 Å². The molecule has 2 aliphatic rings. The van der Waals surface area contributed by atoms with Crippen LogP contribution >= 0.6 is 23.2 Å². The molecule has 0 bridgehead atoms. The molecular weight excluding hydrogens is 295 g/mol. The molecule has 20 heavy (non-hydrogen) atoms. The maximum absolute atomic E-state index is 12.2. The molecule has 1 saturated heterocycles. The van der Waals surface area contributed by atoms with E-state index in [2.05, 4.69) is 17.1 Å². The summed E-state index contributed by atoms with van der Waals surface area (Å²) in [7, 11) is 0. The molecule has 2 fully saturated rings. The Hall–Kier alpha value is -0.770. The van der Waals surface area contributed by atoms with Gasteiger partial charge in [0.1, 0.15) is 0 Å². The number of likely N-dealkylation sites (tertiary alicyclic amines) is 1. The van der Waals surface area contributed by atoms with Gasteiger partial charge in [0.15, 0.2) is 0 Å². The Kier molecular flexibility index (Phi) is 3.93. The van der Waals surface area contributed by atoms with Crippen molar-refractivity contribution in [2.75, 3.05) is 19.6 Å². The van der Waals surface area contributed by atoms with E-state index in [1.165, 1.54) is 0 Å². The number of nitrogens with one attached hydrogen (secondary N) is 1. The maximum atomic E-state index is 12.2. The zero-order valence-electron chi connectivity index (χ0n) is 11.4. The Labute approximate surface area is 129 Å². The fourth-order valence-corrected chi connectivity index (χ4v) is 3.54. The van der Waals surface area contributed by atoms with Crippen LogP contribution in [-0.4, -0.2) is 30.4 Å². The smallest absolute Gasteiger partial charge is 0.224 e. The molecule has 1 aliphatic carbocycles. The summed E-state index contributed by atoms with van der Waals surface area (Å²) in [5.74, 6) is 1.55. The van der Waals surface area contributed by atoms with Crippen LogP contribution in [0.1, 0.15) is 12.5 Å². The summed E-state index contributed by atoms with van der Waals surface area (Å²) in [5, 5.41) is 4.08. The average molecular weight is 313 g/mol. The number of amides is 1. The summed E-state index contributed by atoms with van der Waals surface area (Å²) in [5.41, 5.74) is 0.980. The third kappa shape index (κ3) is 2.67. The number of carbonyl (C=O) groups excluding carboxylic acids is 1. The van der Waals surface area contributed by atoms with Gasteiger partial charge >= 0.3 is 0 Å². The topological polar surface area (TPSA) is 32.3 Å². The highest BCUT2D eigenvalue weighted by atomic mass is 35.5. The maximum Gasteiger partial charge on any atom is 0.224 e. The Morgan fingerprint density at radius 3 is 2.60 bits per heavy atom. The van der Waals surface area contributed by atoms with Gasteiger partial charge in [-0.05, 0) is 36.1 Å². The van der Waals surface area contributed by atoms with Gasteiger partial charge in [-0.2, -0.15) is 0 Å². The molecule has 1 amide bonds. The summed E-state index contributed by atoms with van der Waals surface area (Å²) in [4.78, 5) is 14.6. The Bertz CT molecular complexity index is 523. The van der Waals surface area contributed by atoms with Gasteiger partial charge in [-0.25, -0.2) is 0 Å². The molecule has 1 aromatic carbocycles. The Morgan fingerprint density at radius 1 is 1.30 bits per heavy atom. The number of rotatable bonds is 4. The lowest BCUT2D eigenvalue weighted by molar-refractivity contribution is -0.123. The lowest BCUT2D eigenvalue weighted by Gasteiger charge is -2.16. The van der Waals surface area contributed by atoms with Crippen LogP contribution < -0.4 is 5.32 Å². The van der Waals surface area contributed by atoms with Crippen molar-refractivity contribution in [3.63, 3.8) is 0 Å². The summed E-state index contributed by atoms with van der Waals surface area (Å²) in [6.45, 7) is 5.93. The predicted octanol–water partition coefficient (Wildman–Crippen LogP) is 2.81. The van der Waals surface area contributed by atoms with Crippen molar-refractivity contribution < 1.29 is 4.79 Å². The van der Waals surface area contributed by atoms with E-state index in [4.69, 9.17) is 23.2 Å². The molecule has 1 N–H and O–H groups in total. The van der Waals surface area contributed by atoms with E-state index in [-0.39, 0.29) is 11.8 Å². The predicted molar refractivity (Wildman–Crippen MR) is 80.9 cm³/mol. The normalized spacial score (nSPS) is 28.2. The van der Waals surface area contributed by atoms with E-state index >= 15 is 0 Å². The highest BCUT2D eigenvalue weighted by Gasteiger charge is 2.58. The van der Waals surface area contributed by atoms with Gasteiger partial charge in [0.05, 0.1) is 10.0 Å². The SMILES string of the molecule is CCN1CC2C(C1)C2C(=O)NCc1ccc(Cl)c(Cl)c1. The first-order valence-corrected chi connectivity index (χ1v) is 7.79. The first kappa shape index (κ1) is 14.2. The second-order valence-corrected chi connectivity index (χ2v) is 6.49. The van der Waals surface area contributed by atoms with Gasteiger partial charge < -0.3 is 10.2 Å². The number of fused-ring (bicyclic) bond motifs is 1. The van der Waals surface area contributed by atoms with Crippen LogP contribution in [0.5, 0.6) is 0 Å². The zero-order valence-corrected chi connectivity index (χ0v) is 12.9. The van der Waals surface area contributed by atoms with Crippen LogP contribution in [0, 0.1) is 17.8 Å². The second-order valence-electron chi connectivity index (χ2n) is 5.67. The summed E-state index contributed by atoms with van der Waals surface area (Å²) in [6, 6.07) is 5.45. The number of hydrogen-bond acceptors (Lipinski definition) is 2. The van der Waals surface area contributed by atoms with Crippen molar-refractivity contribution in [1.82, 2.24) is 10.2 Å². The van der Waals surface area contributed by atoms with Crippen molar-refractivity contribution >= 4 is 29.1 Å². The van der Waals surface area contributed by atoms with Crippen LogP contribution in [-0.2, 0) is 11.3 Å². The summed E-state index contributed by atoms with van der Waals surface area (Å²) < 4.78 is 0. The van der Waals surface area contributed by atoms with E-state index in [0.717, 1.165) is 25.2 Å². The third-order valence-corrected chi connectivity index (χ3v) is 5.21. The Morgan fingerprint density at radius 2 is 2.00 bits per heavy atom. The number of hydrogen-bond donors (Lipinski definition) is 1. The van der Waals surface area contributed by atoms with Crippen LogP contribution in [0.3, 0.4) is 0 Å². The van der Waals surface area contributed by atoms with Crippen LogP contribution in [0.2, 0.25) is 10.0 Å². The molecule has 1 saturated carbocycles. The number of nitrogens with zero attached hydrogens (tertiary/aromatic N) is 1. The first-order valence-electron chi connectivity index (χ1n) is 7.04. The molecule has 0 spiro atoms. The van der Waals surface area contributed by atoms with Gasteiger partial charge in [-0.15, -0.1) is 0 Å². The zero-order chi connectivity index (χ0) is 14.3. The average Bonchev–Trinajstić information content (AvgIpc) is 2.94. The minimum atomic E-state index is 0.182. The molecule has 2 atom stereocenters. The summed E-state index contributed by atoms with van der Waals surface area (Å²) >= 11 is 11.8. The molecule has 1 aromatic rings. The van der Waals surface area contributed by atoms with Crippen LogP contribution in [0.4, 0.5) is 0 Å². The van der Waals surface area contributed by atoms with E-state index in [1.807, 2.05) is 6.07 Å². The molecule has 0 aromatic heterocycles. The van der Waals surface area contributed by atoms with Gasteiger partial charge in [-0.3, -0.25) is 4.79 Å². The molecule has 0 radical (unpaired) electrons. The van der Waals surface area contributed by atoms with Gasteiger partial charge in [0.25, 0.3) is 0 Å². The van der Waals surface area contributed by atoms with E-state index < -0.39 is 0 Å². The van der Waals surface area contributed by atoms with Crippen molar-refractivity contribution in [3.05, 3.63) is 33.8 Å². The standard InChI is InChI=1S/C15H18Cl2N2O/c1-2-19-7-10-11(8-19)14(10)15(20)18-6-9-3-4-12(16)13(17)5-9/h3-5,10-11,14H,2,6-8H2,1H3,(H,18,20). The minimum absolute atomic E-state index is 0.182. The van der Waals surface area contributed by atoms with Crippen LogP contribution in [0.15, 0.2) is 18.2 Å². The monoisotopic (exact) mass is 312 g/mol. The summed E-state index contributed by atoms with van der Waals surface area (Å²) in [6.07, 6.45) is 0. The van der Waals surface area contributed by atoms with Crippen molar-refractivity contribution in [3.8, 4) is 0 Å². The van der Waals surface area contributed by atoms with Crippen molar-refractivity contribution in [2.45, 2.75) is 13.5 Å². The first-order chi connectivity index (χ1) is 9.60. The van der Waals surface area contributed by atoms with Gasteiger partial charge in [0, 0.05) is 25.6 Å². The number of carbonyl (C=O) groups is 1. The number of piperidine rings is 1. The van der Waals surface area contributed by atoms with E-state index in [0.29, 0.717) is 28.4 Å². The minimum Gasteiger partial charge on any atom is -0.352 e. The highest BCUT2D eigenvalue weighted by Crippen LogP contribution is 2.51. The quantitative estimate of drug-likeness (QED) is 0.927. The molecule has 1 heterocycles. The highest BCUT2D eigenvalue weighted by molar-refractivity contribution is 6.42.